The summed E-state index contributed by atoms with van der Waals surface area (Å²) in [6, 6.07) is -1.15. The zero-order valence-electron chi connectivity index (χ0n) is 18.4. The number of hydrogen-bond acceptors (Lipinski definition) is 5. The van der Waals surface area contributed by atoms with E-state index in [2.05, 4.69) is 29.0 Å². The molecular weight excluding hydrogens is 392 g/mol. The van der Waals surface area contributed by atoms with Crippen LogP contribution in [0.25, 0.3) is 0 Å². The van der Waals surface area contributed by atoms with Gasteiger partial charge in [-0.1, -0.05) is 18.8 Å². The van der Waals surface area contributed by atoms with Gasteiger partial charge in [-0.2, -0.15) is 0 Å². The molecule has 0 aromatic heterocycles. The van der Waals surface area contributed by atoms with Crippen molar-refractivity contribution in [3.05, 3.63) is 0 Å². The minimum atomic E-state index is -1.05. The van der Waals surface area contributed by atoms with Crippen molar-refractivity contribution < 1.29 is 19.2 Å². The molecule has 5 aliphatic rings. The molecule has 10 atom stereocenters. The van der Waals surface area contributed by atoms with Gasteiger partial charge < -0.3 is 4.90 Å². The molecule has 6 nitrogen and oxygen atoms in total. The van der Waals surface area contributed by atoms with Crippen molar-refractivity contribution >= 4 is 23.3 Å². The number of amides is 1. The molecular formula is C25H26N2O4. The Hall–Kier alpha value is -2.88. The Labute approximate surface area is 182 Å². The maximum atomic E-state index is 13.2. The fraction of sp³-hybridized carbons (Fsp3) is 0.600. The molecule has 5 rings (SSSR count). The molecule has 0 aromatic carbocycles. The fourth-order valence-corrected chi connectivity index (χ4v) is 7.93. The molecule has 0 spiro atoms. The number of carbonyl (C=O) groups is 4. The van der Waals surface area contributed by atoms with E-state index in [1.807, 2.05) is 6.92 Å². The van der Waals surface area contributed by atoms with E-state index in [4.69, 9.17) is 12.8 Å². The number of piperidine rings is 1. The second kappa shape index (κ2) is 6.56. The van der Waals surface area contributed by atoms with Gasteiger partial charge in [-0.05, 0) is 38.5 Å². The molecule has 160 valence electrons. The van der Waals surface area contributed by atoms with Gasteiger partial charge in [0.25, 0.3) is 0 Å². The van der Waals surface area contributed by atoms with Crippen molar-refractivity contribution in [1.29, 1.82) is 0 Å². The first-order valence-corrected chi connectivity index (χ1v) is 10.6. The third-order valence-electron chi connectivity index (χ3n) is 8.57. The topological polar surface area (TPSA) is 83.6 Å². The number of nitrogens with zero attached hydrogens (tertiary/aromatic N) is 1. The highest BCUT2D eigenvalue weighted by Crippen LogP contribution is 2.72. The van der Waals surface area contributed by atoms with Gasteiger partial charge >= 0.3 is 0 Å². The quantitative estimate of drug-likeness (QED) is 0.681. The number of Topliss-reactive ketones (excluding diaryl/α,β-unsaturated/α-hetero) is 3. The molecule has 10 unspecified atom stereocenters. The maximum absolute atomic E-state index is 13.2. The smallest absolute Gasteiger partial charge is 0.221 e. The Kier molecular flexibility index (Phi) is 4.52. The van der Waals surface area contributed by atoms with Crippen molar-refractivity contribution in [3.63, 3.8) is 0 Å². The van der Waals surface area contributed by atoms with Gasteiger partial charge in [-0.25, -0.2) is 0 Å². The Morgan fingerprint density at radius 2 is 1.55 bits per heavy atom. The molecule has 1 amide bonds. The highest BCUT2D eigenvalue weighted by molar-refractivity contribution is 5.91. The third kappa shape index (κ3) is 2.15. The zero-order valence-corrected chi connectivity index (χ0v) is 18.4. The van der Waals surface area contributed by atoms with Crippen LogP contribution in [-0.4, -0.2) is 46.4 Å². The fourth-order valence-electron chi connectivity index (χ4n) is 7.93. The first-order valence-electron chi connectivity index (χ1n) is 10.6. The van der Waals surface area contributed by atoms with Crippen LogP contribution in [0.1, 0.15) is 34.6 Å². The monoisotopic (exact) mass is 418 g/mol. The van der Waals surface area contributed by atoms with Gasteiger partial charge in [0.15, 0.2) is 0 Å². The van der Waals surface area contributed by atoms with Gasteiger partial charge in [0.2, 0.25) is 5.91 Å². The lowest BCUT2D eigenvalue weighted by Crippen LogP contribution is -2.70. The van der Waals surface area contributed by atoms with Crippen LogP contribution < -0.4 is 5.32 Å². The lowest BCUT2D eigenvalue weighted by Gasteiger charge is -2.56. The minimum absolute atomic E-state index is 0.0985. The van der Waals surface area contributed by atoms with E-state index >= 15 is 0 Å². The molecule has 0 radical (unpaired) electrons. The van der Waals surface area contributed by atoms with Gasteiger partial charge in [0, 0.05) is 36.8 Å². The summed E-state index contributed by atoms with van der Waals surface area (Å²) in [6.07, 6.45) is 11.0. The summed E-state index contributed by atoms with van der Waals surface area (Å²) in [6.45, 7) is 7.80. The minimum Gasteiger partial charge on any atom is -0.322 e. The van der Waals surface area contributed by atoms with Crippen LogP contribution in [0.15, 0.2) is 0 Å². The van der Waals surface area contributed by atoms with E-state index < -0.39 is 58.7 Å². The molecule has 1 N–H and O–H groups in total. The summed E-state index contributed by atoms with van der Waals surface area (Å²) in [5.74, 6) is 7.51. The third-order valence-corrected chi connectivity index (χ3v) is 8.57. The molecule has 3 aliphatic heterocycles. The van der Waals surface area contributed by atoms with Crippen molar-refractivity contribution in [2.24, 2.45) is 40.4 Å². The van der Waals surface area contributed by atoms with Crippen LogP contribution in [0.2, 0.25) is 0 Å². The van der Waals surface area contributed by atoms with Crippen LogP contribution in [-0.2, 0) is 19.2 Å². The predicted molar refractivity (Wildman–Crippen MR) is 112 cm³/mol. The number of ketones is 3. The molecule has 3 saturated heterocycles. The van der Waals surface area contributed by atoms with E-state index in [-0.39, 0.29) is 23.3 Å². The Morgan fingerprint density at radius 3 is 2.00 bits per heavy atom. The summed E-state index contributed by atoms with van der Waals surface area (Å²) in [5, 5.41) is 3.47. The van der Waals surface area contributed by atoms with Crippen LogP contribution in [0.5, 0.6) is 0 Å². The maximum Gasteiger partial charge on any atom is 0.221 e. The molecule has 31 heavy (non-hydrogen) atoms. The Bertz CT molecular complexity index is 1070. The lowest BCUT2D eigenvalue weighted by molar-refractivity contribution is -0.143. The van der Waals surface area contributed by atoms with Crippen LogP contribution >= 0.6 is 0 Å². The van der Waals surface area contributed by atoms with Crippen molar-refractivity contribution in [2.75, 3.05) is 0 Å². The van der Waals surface area contributed by atoms with Crippen molar-refractivity contribution in [2.45, 2.75) is 52.9 Å². The lowest BCUT2D eigenvalue weighted by atomic mass is 9.51. The van der Waals surface area contributed by atoms with Gasteiger partial charge in [-0.15, -0.1) is 12.8 Å². The summed E-state index contributed by atoms with van der Waals surface area (Å²) in [7, 11) is 0. The van der Waals surface area contributed by atoms with E-state index in [0.717, 1.165) is 0 Å². The number of hydrogen-bond donors (Lipinski definition) is 1. The first kappa shape index (κ1) is 21.4. The number of terminal acetylenes is 2. The zero-order chi connectivity index (χ0) is 23.0. The van der Waals surface area contributed by atoms with Crippen LogP contribution in [0.3, 0.4) is 0 Å². The number of rotatable bonds is 3. The largest absolute Gasteiger partial charge is 0.322 e. The molecule has 6 heteroatoms. The second-order valence-corrected chi connectivity index (χ2v) is 9.48. The summed E-state index contributed by atoms with van der Waals surface area (Å²) < 4.78 is 0. The van der Waals surface area contributed by atoms with Gasteiger partial charge in [0.1, 0.15) is 23.5 Å². The molecule has 0 aromatic rings. The highest BCUT2D eigenvalue weighted by Gasteiger charge is 2.83. The standard InChI is InChI=1S/C25H26N2O4/c1-8-10-11-25-15(6)24(9-2)19(13(4)29)18-17(12(3)28)22(24)26-23(25)27(16(7)31)21(18)20(25)14(5)30/h1-2,15,17-23,26H,3-7H3. The van der Waals surface area contributed by atoms with E-state index in [0.29, 0.717) is 0 Å². The molecule has 6 bridgehead atoms. The summed E-state index contributed by atoms with van der Waals surface area (Å²) in [4.78, 5) is 53.8. The molecule has 3 heterocycles. The molecule has 5 fully saturated rings. The number of nitrogens with one attached hydrogen (secondary N) is 1. The van der Waals surface area contributed by atoms with Gasteiger partial charge in [-0.3, -0.25) is 24.5 Å². The van der Waals surface area contributed by atoms with Gasteiger partial charge in [0.05, 0.1) is 16.7 Å². The Morgan fingerprint density at radius 1 is 0.935 bits per heavy atom. The second-order valence-electron chi connectivity index (χ2n) is 9.48. The molecule has 2 saturated carbocycles. The number of carbonyl (C=O) groups excluding carboxylic acids is 4. The SMILES string of the molecule is C#CC#CC12C(C(C)=O)C3C4C(C(C)=O)C(NC1N3C(C)=O)C(C#C)(C4C(C)=O)C2C. The first-order chi connectivity index (χ1) is 14.5. The van der Waals surface area contributed by atoms with E-state index in [1.165, 1.54) is 27.7 Å². The van der Waals surface area contributed by atoms with E-state index in [9.17, 15) is 19.2 Å². The normalized spacial score (nSPS) is 45.8. The van der Waals surface area contributed by atoms with Crippen molar-refractivity contribution in [1.82, 2.24) is 10.2 Å². The van der Waals surface area contributed by atoms with E-state index in [1.54, 1.807) is 4.90 Å². The van der Waals surface area contributed by atoms with Crippen LogP contribution in [0, 0.1) is 76.9 Å². The average molecular weight is 418 g/mol. The average Bonchev–Trinajstić information content (AvgIpc) is 3.07. The molecule has 2 aliphatic carbocycles. The van der Waals surface area contributed by atoms with Crippen LogP contribution in [0.4, 0.5) is 0 Å². The van der Waals surface area contributed by atoms with Crippen molar-refractivity contribution in [3.8, 4) is 36.5 Å². The summed E-state index contributed by atoms with van der Waals surface area (Å²) in [5.41, 5.74) is -2.07. The predicted octanol–water partition coefficient (Wildman–Crippen LogP) is 0.653. The summed E-state index contributed by atoms with van der Waals surface area (Å²) >= 11 is 0. The Balaban J connectivity index is 2.18. The highest BCUT2D eigenvalue weighted by atomic mass is 16.2.